The van der Waals surface area contributed by atoms with Gasteiger partial charge in [-0.25, -0.2) is 4.79 Å². The lowest BCUT2D eigenvalue weighted by atomic mass is 10.1. The van der Waals surface area contributed by atoms with Crippen LogP contribution in [0, 0.1) is 0 Å². The summed E-state index contributed by atoms with van der Waals surface area (Å²) < 4.78 is 5.16. The zero-order chi connectivity index (χ0) is 11.4. The molecule has 0 N–H and O–H groups in total. The predicted molar refractivity (Wildman–Crippen MR) is 60.1 cm³/mol. The van der Waals surface area contributed by atoms with Crippen LogP contribution in [0.4, 0.5) is 0 Å². The summed E-state index contributed by atoms with van der Waals surface area (Å²) >= 11 is 9.02. The molecule has 80 valence electrons. The van der Waals surface area contributed by atoms with Crippen LogP contribution in [0.3, 0.4) is 0 Å². The third-order valence-corrected chi connectivity index (χ3v) is 2.95. The second-order valence-corrected chi connectivity index (χ2v) is 3.88. The topological polar surface area (TPSA) is 43.4 Å². The Morgan fingerprint density at radius 2 is 2.13 bits per heavy atom. The third-order valence-electron chi connectivity index (χ3n) is 1.66. The summed E-state index contributed by atoms with van der Waals surface area (Å²) in [5.74, 6) is -1.62. The molecule has 0 aliphatic heterocycles. The normalized spacial score (nSPS) is 9.80. The van der Waals surface area contributed by atoms with Crippen LogP contribution < -0.4 is 0 Å². The molecule has 0 spiro atoms. The lowest BCUT2D eigenvalue weighted by Gasteiger charge is -2.04. The zero-order valence-corrected chi connectivity index (χ0v) is 10.3. The lowest BCUT2D eigenvalue weighted by Crippen LogP contribution is -2.17. The van der Waals surface area contributed by atoms with Crippen LogP contribution in [-0.4, -0.2) is 18.4 Å². The lowest BCUT2D eigenvalue weighted by molar-refractivity contribution is -0.137. The van der Waals surface area contributed by atoms with E-state index in [1.54, 1.807) is 19.1 Å². The van der Waals surface area contributed by atoms with Gasteiger partial charge in [0.15, 0.2) is 0 Å². The molecule has 0 radical (unpaired) electrons. The second-order valence-electron chi connectivity index (χ2n) is 2.65. The Hall–Kier alpha value is -0.870. The summed E-state index contributed by atoms with van der Waals surface area (Å²) in [5, 5.41) is 0.218. The van der Waals surface area contributed by atoms with E-state index in [4.69, 9.17) is 11.6 Å². The molecule has 0 unspecified atom stereocenters. The summed E-state index contributed by atoms with van der Waals surface area (Å²) in [7, 11) is 0. The van der Waals surface area contributed by atoms with Crippen LogP contribution >= 0.6 is 27.5 Å². The Morgan fingerprint density at radius 1 is 1.47 bits per heavy atom. The van der Waals surface area contributed by atoms with Crippen molar-refractivity contribution in [2.45, 2.75) is 6.92 Å². The van der Waals surface area contributed by atoms with E-state index in [9.17, 15) is 9.59 Å². The first-order chi connectivity index (χ1) is 7.07. The molecular formula is C10H8BrClO3. The van der Waals surface area contributed by atoms with Gasteiger partial charge in [0.2, 0.25) is 0 Å². The molecule has 1 rings (SSSR count). The molecule has 5 heteroatoms. The number of esters is 1. The Kier molecular flexibility index (Phi) is 4.29. The van der Waals surface area contributed by atoms with Crippen molar-refractivity contribution in [2.24, 2.45) is 0 Å². The van der Waals surface area contributed by atoms with Gasteiger partial charge in [-0.2, -0.15) is 0 Å². The maximum absolute atomic E-state index is 11.5. The highest BCUT2D eigenvalue weighted by Crippen LogP contribution is 2.26. The standard InChI is InChI=1S/C10H8BrClO3/c1-2-15-10(14)9(13)6-4-3-5-7(11)8(6)12/h3-5H,2H2,1H3. The highest BCUT2D eigenvalue weighted by Gasteiger charge is 2.20. The molecule has 0 aliphatic rings. The van der Waals surface area contributed by atoms with Crippen LogP contribution in [0.2, 0.25) is 5.02 Å². The van der Waals surface area contributed by atoms with E-state index in [0.29, 0.717) is 4.47 Å². The molecule has 0 atom stereocenters. The Morgan fingerprint density at radius 3 is 2.73 bits per heavy atom. The molecule has 0 heterocycles. The summed E-state index contributed by atoms with van der Waals surface area (Å²) in [5.41, 5.74) is 0.143. The first-order valence-electron chi connectivity index (χ1n) is 4.23. The molecule has 1 aromatic rings. The fourth-order valence-electron chi connectivity index (χ4n) is 0.986. The van der Waals surface area contributed by atoms with Crippen molar-refractivity contribution in [2.75, 3.05) is 6.61 Å². The van der Waals surface area contributed by atoms with Crippen LogP contribution in [-0.2, 0) is 9.53 Å². The molecule has 0 amide bonds. The number of rotatable bonds is 3. The Balaban J connectivity index is 3.01. The Bertz CT molecular complexity index is 404. The maximum Gasteiger partial charge on any atom is 0.379 e. The smallest absolute Gasteiger partial charge is 0.379 e. The number of ketones is 1. The number of benzene rings is 1. The van der Waals surface area contributed by atoms with E-state index in [2.05, 4.69) is 20.7 Å². The SMILES string of the molecule is CCOC(=O)C(=O)c1cccc(Br)c1Cl. The van der Waals surface area contributed by atoms with Gasteiger partial charge in [-0.15, -0.1) is 0 Å². The zero-order valence-electron chi connectivity index (χ0n) is 7.92. The molecule has 1 aromatic carbocycles. The predicted octanol–water partition coefficient (Wildman–Crippen LogP) is 2.85. The van der Waals surface area contributed by atoms with Crippen molar-refractivity contribution in [1.29, 1.82) is 0 Å². The van der Waals surface area contributed by atoms with Crippen LogP contribution in [0.1, 0.15) is 17.3 Å². The summed E-state index contributed by atoms with van der Waals surface area (Å²) in [4.78, 5) is 22.7. The average molecular weight is 292 g/mol. The minimum atomic E-state index is -0.891. The quantitative estimate of drug-likeness (QED) is 0.488. The van der Waals surface area contributed by atoms with Crippen molar-refractivity contribution >= 4 is 39.3 Å². The Labute approximate surface area is 100 Å². The van der Waals surface area contributed by atoms with Gasteiger partial charge in [0.05, 0.1) is 11.6 Å². The number of ether oxygens (including phenoxy) is 1. The monoisotopic (exact) mass is 290 g/mol. The van der Waals surface area contributed by atoms with Crippen molar-refractivity contribution in [3.63, 3.8) is 0 Å². The first kappa shape index (κ1) is 12.2. The molecule has 0 saturated heterocycles. The summed E-state index contributed by atoms with van der Waals surface area (Å²) in [6.07, 6.45) is 0. The van der Waals surface area contributed by atoms with Crippen molar-refractivity contribution in [3.05, 3.63) is 33.3 Å². The molecule has 0 fully saturated rings. The largest absolute Gasteiger partial charge is 0.460 e. The van der Waals surface area contributed by atoms with E-state index in [1.165, 1.54) is 6.07 Å². The number of Topliss-reactive ketones (excluding diaryl/α,β-unsaturated/α-hetero) is 1. The van der Waals surface area contributed by atoms with Gasteiger partial charge in [0.25, 0.3) is 5.78 Å². The van der Waals surface area contributed by atoms with Gasteiger partial charge >= 0.3 is 5.97 Å². The average Bonchev–Trinajstić information content (AvgIpc) is 2.21. The van der Waals surface area contributed by atoms with Gasteiger partial charge in [-0.3, -0.25) is 4.79 Å². The molecule has 0 aliphatic carbocycles. The van der Waals surface area contributed by atoms with Crippen molar-refractivity contribution in [1.82, 2.24) is 0 Å². The van der Waals surface area contributed by atoms with Crippen LogP contribution in [0.5, 0.6) is 0 Å². The van der Waals surface area contributed by atoms with Gasteiger partial charge in [0.1, 0.15) is 0 Å². The highest BCUT2D eigenvalue weighted by molar-refractivity contribution is 9.10. The van der Waals surface area contributed by atoms with E-state index >= 15 is 0 Å². The molecule has 0 aromatic heterocycles. The molecule has 15 heavy (non-hydrogen) atoms. The summed E-state index contributed by atoms with van der Waals surface area (Å²) in [6, 6.07) is 4.79. The van der Waals surface area contributed by atoms with Crippen LogP contribution in [0.25, 0.3) is 0 Å². The fraction of sp³-hybridized carbons (Fsp3) is 0.200. The van der Waals surface area contributed by atoms with Gasteiger partial charge in [-0.05, 0) is 35.0 Å². The number of hydrogen-bond donors (Lipinski definition) is 0. The number of halogens is 2. The van der Waals surface area contributed by atoms with Crippen molar-refractivity contribution in [3.8, 4) is 0 Å². The minimum Gasteiger partial charge on any atom is -0.460 e. The van der Waals surface area contributed by atoms with Gasteiger partial charge < -0.3 is 4.74 Å². The number of hydrogen-bond acceptors (Lipinski definition) is 3. The fourth-order valence-corrected chi connectivity index (χ4v) is 1.56. The van der Waals surface area contributed by atoms with E-state index in [1.807, 2.05) is 0 Å². The maximum atomic E-state index is 11.5. The van der Waals surface area contributed by atoms with E-state index in [0.717, 1.165) is 0 Å². The minimum absolute atomic E-state index is 0.143. The van der Waals surface area contributed by atoms with E-state index in [-0.39, 0.29) is 17.2 Å². The first-order valence-corrected chi connectivity index (χ1v) is 5.40. The molecule has 3 nitrogen and oxygen atoms in total. The second kappa shape index (κ2) is 5.28. The molecular weight excluding hydrogens is 283 g/mol. The van der Waals surface area contributed by atoms with Gasteiger partial charge in [-0.1, -0.05) is 17.7 Å². The molecule has 0 saturated carbocycles. The number of carbonyl (C=O) groups is 2. The highest BCUT2D eigenvalue weighted by atomic mass is 79.9. The van der Waals surface area contributed by atoms with Gasteiger partial charge in [0, 0.05) is 10.0 Å². The third kappa shape index (κ3) is 2.79. The van der Waals surface area contributed by atoms with Crippen molar-refractivity contribution < 1.29 is 14.3 Å². The van der Waals surface area contributed by atoms with E-state index < -0.39 is 11.8 Å². The van der Waals surface area contributed by atoms with Crippen LogP contribution in [0.15, 0.2) is 22.7 Å². The summed E-state index contributed by atoms with van der Waals surface area (Å²) in [6.45, 7) is 1.80. The molecule has 0 bridgehead atoms. The number of carbonyl (C=O) groups excluding carboxylic acids is 2.